The van der Waals surface area contributed by atoms with Crippen molar-refractivity contribution in [3.05, 3.63) is 30.3 Å². The summed E-state index contributed by atoms with van der Waals surface area (Å²) < 4.78 is 31.5. The number of tetrazole rings is 1. The lowest BCUT2D eigenvalue weighted by Gasteiger charge is -2.19. The van der Waals surface area contributed by atoms with Gasteiger partial charge in [0, 0.05) is 6.42 Å². The van der Waals surface area contributed by atoms with E-state index in [4.69, 9.17) is 4.74 Å². The van der Waals surface area contributed by atoms with Crippen LogP contribution in [-0.2, 0) is 19.4 Å². The van der Waals surface area contributed by atoms with Gasteiger partial charge in [0.05, 0.1) is 11.4 Å². The van der Waals surface area contributed by atoms with Gasteiger partial charge in [-0.1, -0.05) is 29.7 Å². The van der Waals surface area contributed by atoms with Gasteiger partial charge in [0.25, 0.3) is 5.16 Å². The van der Waals surface area contributed by atoms with Gasteiger partial charge >= 0.3 is 5.97 Å². The Morgan fingerprint density at radius 1 is 1.12 bits per heavy atom. The number of benzene rings is 1. The SMILES string of the molecule is CC(C)(C)OC(=O)CCCCCS(=O)(=O)c1nnnn1-c1ccccc1. The Bertz CT molecular complexity index is 826. The van der Waals surface area contributed by atoms with Crippen LogP contribution in [0.5, 0.6) is 0 Å². The first-order chi connectivity index (χ1) is 12.2. The maximum atomic E-state index is 12.5. The van der Waals surface area contributed by atoms with Crippen molar-refractivity contribution >= 4 is 15.8 Å². The lowest BCUT2D eigenvalue weighted by molar-refractivity contribution is -0.154. The Morgan fingerprint density at radius 2 is 1.81 bits per heavy atom. The van der Waals surface area contributed by atoms with E-state index in [0.29, 0.717) is 24.9 Å². The summed E-state index contributed by atoms with van der Waals surface area (Å²) in [7, 11) is -3.61. The standard InChI is InChI=1S/C17H24N4O4S/c1-17(2,3)25-15(22)12-8-5-9-13-26(23,24)16-18-19-20-21(16)14-10-6-4-7-11-14/h4,6-7,10-11H,5,8-9,12-13H2,1-3H3. The Balaban J connectivity index is 1.87. The van der Waals surface area contributed by atoms with E-state index in [1.54, 1.807) is 24.3 Å². The predicted octanol–water partition coefficient (Wildman–Crippen LogP) is 2.34. The number of para-hydroxylation sites is 1. The Labute approximate surface area is 153 Å². The Morgan fingerprint density at radius 3 is 2.46 bits per heavy atom. The fraction of sp³-hybridized carbons (Fsp3) is 0.529. The third kappa shape index (κ3) is 5.91. The Hall–Kier alpha value is -2.29. The second kappa shape index (κ2) is 8.39. The van der Waals surface area contributed by atoms with Gasteiger partial charge in [0.2, 0.25) is 9.84 Å². The van der Waals surface area contributed by atoms with Gasteiger partial charge in [-0.25, -0.2) is 8.42 Å². The molecule has 8 nitrogen and oxygen atoms in total. The average Bonchev–Trinajstić information content (AvgIpc) is 3.04. The highest BCUT2D eigenvalue weighted by molar-refractivity contribution is 7.91. The molecule has 0 fully saturated rings. The number of nitrogens with zero attached hydrogens (tertiary/aromatic N) is 4. The maximum absolute atomic E-state index is 12.5. The van der Waals surface area contributed by atoms with Crippen LogP contribution in [0.25, 0.3) is 5.69 Å². The summed E-state index contributed by atoms with van der Waals surface area (Å²) in [5.74, 6) is -0.345. The molecule has 26 heavy (non-hydrogen) atoms. The summed E-state index contributed by atoms with van der Waals surface area (Å²) in [6, 6.07) is 8.85. The van der Waals surface area contributed by atoms with Crippen LogP contribution in [-0.4, -0.2) is 45.9 Å². The maximum Gasteiger partial charge on any atom is 0.306 e. The molecule has 0 unspecified atom stereocenters. The van der Waals surface area contributed by atoms with Gasteiger partial charge < -0.3 is 4.74 Å². The van der Waals surface area contributed by atoms with Crippen LogP contribution < -0.4 is 0 Å². The predicted molar refractivity (Wildman–Crippen MR) is 95.5 cm³/mol. The highest BCUT2D eigenvalue weighted by Gasteiger charge is 2.23. The molecule has 2 rings (SSSR count). The van der Waals surface area contributed by atoms with Crippen LogP contribution in [0.4, 0.5) is 0 Å². The highest BCUT2D eigenvalue weighted by atomic mass is 32.2. The summed E-state index contributed by atoms with van der Waals surface area (Å²) in [5, 5.41) is 10.8. The van der Waals surface area contributed by atoms with E-state index < -0.39 is 15.4 Å². The molecule has 0 aliphatic rings. The van der Waals surface area contributed by atoms with Crippen molar-refractivity contribution in [1.82, 2.24) is 20.2 Å². The van der Waals surface area contributed by atoms with Gasteiger partial charge in [-0.05, 0) is 56.2 Å². The first-order valence-corrected chi connectivity index (χ1v) is 10.1. The quantitative estimate of drug-likeness (QED) is 0.511. The molecular formula is C17H24N4O4S. The van der Waals surface area contributed by atoms with Crippen LogP contribution >= 0.6 is 0 Å². The molecule has 142 valence electrons. The molecule has 1 heterocycles. The molecule has 0 N–H and O–H groups in total. The minimum Gasteiger partial charge on any atom is -0.460 e. The van der Waals surface area contributed by atoms with Crippen molar-refractivity contribution in [2.75, 3.05) is 5.75 Å². The van der Waals surface area contributed by atoms with E-state index in [-0.39, 0.29) is 23.3 Å². The summed E-state index contributed by atoms with van der Waals surface area (Å²) >= 11 is 0. The molecule has 0 saturated heterocycles. The number of sulfone groups is 1. The number of rotatable bonds is 8. The van der Waals surface area contributed by atoms with Crippen LogP contribution in [0.1, 0.15) is 46.5 Å². The average molecular weight is 380 g/mol. The number of unbranched alkanes of at least 4 members (excludes halogenated alkanes) is 2. The largest absolute Gasteiger partial charge is 0.460 e. The molecule has 0 radical (unpaired) electrons. The second-order valence-corrected chi connectivity index (χ2v) is 8.93. The van der Waals surface area contributed by atoms with Crippen LogP contribution in [0, 0.1) is 0 Å². The third-order valence-corrected chi connectivity index (χ3v) is 5.07. The molecule has 1 aromatic heterocycles. The zero-order chi connectivity index (χ0) is 19.2. The molecule has 0 aliphatic heterocycles. The third-order valence-electron chi connectivity index (χ3n) is 3.43. The van der Waals surface area contributed by atoms with E-state index in [1.165, 1.54) is 4.68 Å². The molecule has 0 bridgehead atoms. The van der Waals surface area contributed by atoms with E-state index >= 15 is 0 Å². The first kappa shape index (κ1) is 20.0. The smallest absolute Gasteiger partial charge is 0.306 e. The van der Waals surface area contributed by atoms with Gasteiger partial charge in [-0.2, -0.15) is 4.68 Å². The summed E-state index contributed by atoms with van der Waals surface area (Å²) in [5.41, 5.74) is 0.0792. The van der Waals surface area contributed by atoms with Crippen LogP contribution in [0.3, 0.4) is 0 Å². The van der Waals surface area contributed by atoms with Crippen molar-refractivity contribution < 1.29 is 17.9 Å². The molecule has 0 atom stereocenters. The molecule has 0 amide bonds. The minimum atomic E-state index is -3.61. The van der Waals surface area contributed by atoms with Crippen molar-refractivity contribution in [2.24, 2.45) is 0 Å². The van der Waals surface area contributed by atoms with E-state index in [2.05, 4.69) is 15.5 Å². The number of hydrogen-bond donors (Lipinski definition) is 0. The normalized spacial score (nSPS) is 12.1. The van der Waals surface area contributed by atoms with Crippen LogP contribution in [0.2, 0.25) is 0 Å². The molecule has 0 aliphatic carbocycles. The van der Waals surface area contributed by atoms with Crippen molar-refractivity contribution in [2.45, 2.75) is 57.2 Å². The molecule has 1 aromatic carbocycles. The monoisotopic (exact) mass is 380 g/mol. The van der Waals surface area contributed by atoms with Gasteiger partial charge in [-0.15, -0.1) is 0 Å². The second-order valence-electron chi connectivity index (χ2n) is 6.92. The highest BCUT2D eigenvalue weighted by Crippen LogP contribution is 2.15. The topological polar surface area (TPSA) is 104 Å². The van der Waals surface area contributed by atoms with Gasteiger partial charge in [0.1, 0.15) is 5.60 Å². The van der Waals surface area contributed by atoms with Crippen molar-refractivity contribution in [1.29, 1.82) is 0 Å². The number of aromatic nitrogens is 4. The zero-order valence-electron chi connectivity index (χ0n) is 15.3. The molecule has 9 heteroatoms. The number of hydrogen-bond acceptors (Lipinski definition) is 7. The number of carbonyl (C=O) groups excluding carboxylic acids is 1. The molecule has 0 saturated carbocycles. The number of esters is 1. The molecule has 0 spiro atoms. The first-order valence-electron chi connectivity index (χ1n) is 8.47. The van der Waals surface area contributed by atoms with Gasteiger partial charge in [0.15, 0.2) is 0 Å². The minimum absolute atomic E-state index is 0.0749. The van der Waals surface area contributed by atoms with E-state index in [9.17, 15) is 13.2 Å². The fourth-order valence-electron chi connectivity index (χ4n) is 2.33. The number of carbonyl (C=O) groups is 1. The van der Waals surface area contributed by atoms with E-state index in [1.807, 2.05) is 26.8 Å². The lowest BCUT2D eigenvalue weighted by atomic mass is 10.2. The Kier molecular flexibility index (Phi) is 6.47. The summed E-state index contributed by atoms with van der Waals surface area (Å²) in [6.45, 7) is 5.44. The number of ether oxygens (including phenoxy) is 1. The van der Waals surface area contributed by atoms with Crippen molar-refractivity contribution in [3.8, 4) is 5.69 Å². The molecule has 2 aromatic rings. The fourth-order valence-corrected chi connectivity index (χ4v) is 3.66. The summed E-state index contributed by atoms with van der Waals surface area (Å²) in [4.78, 5) is 11.6. The van der Waals surface area contributed by atoms with Crippen molar-refractivity contribution in [3.63, 3.8) is 0 Å². The van der Waals surface area contributed by atoms with Crippen LogP contribution in [0.15, 0.2) is 35.5 Å². The molecular weight excluding hydrogens is 356 g/mol. The summed E-state index contributed by atoms with van der Waals surface area (Å²) in [6.07, 6.45) is 1.88. The zero-order valence-corrected chi connectivity index (χ0v) is 16.1. The van der Waals surface area contributed by atoms with E-state index in [0.717, 1.165) is 0 Å². The lowest BCUT2D eigenvalue weighted by Crippen LogP contribution is -2.23. The van der Waals surface area contributed by atoms with Gasteiger partial charge in [-0.3, -0.25) is 4.79 Å².